The Morgan fingerprint density at radius 1 is 1.19 bits per heavy atom. The zero-order chi connectivity index (χ0) is 17.9. The molecule has 1 aromatic carbocycles. The van der Waals surface area contributed by atoms with Gasteiger partial charge in [0.1, 0.15) is 5.52 Å². The van der Waals surface area contributed by atoms with E-state index >= 15 is 0 Å². The van der Waals surface area contributed by atoms with E-state index < -0.39 is 0 Å². The van der Waals surface area contributed by atoms with Crippen molar-refractivity contribution in [3.05, 3.63) is 30.2 Å². The summed E-state index contributed by atoms with van der Waals surface area (Å²) in [6.07, 6.45) is 6.91. The Balaban J connectivity index is 1.27. The van der Waals surface area contributed by atoms with Gasteiger partial charge in [-0.25, -0.2) is 4.98 Å². The van der Waals surface area contributed by atoms with Crippen LogP contribution in [0.5, 0.6) is 0 Å². The lowest BCUT2D eigenvalue weighted by atomic mass is 9.86. The number of rotatable bonds is 4. The maximum absolute atomic E-state index is 12.4. The molecule has 2 unspecified atom stereocenters. The molecule has 1 saturated heterocycles. The van der Waals surface area contributed by atoms with Crippen molar-refractivity contribution in [2.45, 2.75) is 57.4 Å². The number of likely N-dealkylation sites (tertiary alicyclic amines) is 1. The summed E-state index contributed by atoms with van der Waals surface area (Å²) in [4.78, 5) is 19.3. The number of carbonyl (C=O) groups excluding carboxylic acids is 1. The molecule has 140 valence electrons. The highest BCUT2D eigenvalue weighted by Crippen LogP contribution is 2.30. The number of fused-ring (bicyclic) bond motifs is 1. The summed E-state index contributed by atoms with van der Waals surface area (Å²) in [5.41, 5.74) is 1.80. The molecule has 5 nitrogen and oxygen atoms in total. The molecule has 2 atom stereocenters. The molecule has 2 aliphatic rings. The predicted molar refractivity (Wildman–Crippen MR) is 102 cm³/mol. The van der Waals surface area contributed by atoms with E-state index in [4.69, 9.17) is 4.42 Å². The number of para-hydroxylation sites is 2. The predicted octanol–water partition coefficient (Wildman–Crippen LogP) is 3.70. The summed E-state index contributed by atoms with van der Waals surface area (Å²) in [6.45, 7) is 4.63. The van der Waals surface area contributed by atoms with Crippen molar-refractivity contribution in [2.75, 3.05) is 19.6 Å². The van der Waals surface area contributed by atoms with E-state index in [1.54, 1.807) is 0 Å². The van der Waals surface area contributed by atoms with Gasteiger partial charge >= 0.3 is 0 Å². The van der Waals surface area contributed by atoms with Crippen molar-refractivity contribution in [1.29, 1.82) is 0 Å². The first-order valence-corrected chi connectivity index (χ1v) is 10.1. The highest BCUT2D eigenvalue weighted by Gasteiger charge is 2.27. The van der Waals surface area contributed by atoms with Crippen molar-refractivity contribution in [3.8, 4) is 0 Å². The zero-order valence-electron chi connectivity index (χ0n) is 15.6. The van der Waals surface area contributed by atoms with Crippen molar-refractivity contribution in [2.24, 2.45) is 5.92 Å². The van der Waals surface area contributed by atoms with Crippen LogP contribution in [-0.2, 0) is 4.79 Å². The highest BCUT2D eigenvalue weighted by atomic mass is 16.3. The first-order chi connectivity index (χ1) is 12.7. The molecule has 4 rings (SSSR count). The first-order valence-electron chi connectivity index (χ1n) is 10.1. The largest absolute Gasteiger partial charge is 0.440 e. The average Bonchev–Trinajstić information content (AvgIpc) is 3.08. The van der Waals surface area contributed by atoms with Gasteiger partial charge in [0.15, 0.2) is 11.5 Å². The molecule has 2 aromatic rings. The number of nitrogens with zero attached hydrogens (tertiary/aromatic N) is 2. The summed E-state index contributed by atoms with van der Waals surface area (Å²) in [7, 11) is 0. The number of hydrogen-bond acceptors (Lipinski definition) is 4. The van der Waals surface area contributed by atoms with Crippen LogP contribution in [0.1, 0.15) is 57.3 Å². The van der Waals surface area contributed by atoms with Gasteiger partial charge in [0.25, 0.3) is 0 Å². The van der Waals surface area contributed by atoms with E-state index in [1.165, 1.54) is 19.3 Å². The van der Waals surface area contributed by atoms with Crippen LogP contribution in [-0.4, -0.2) is 41.5 Å². The topological polar surface area (TPSA) is 58.4 Å². The summed E-state index contributed by atoms with van der Waals surface area (Å²) in [6, 6.07) is 8.30. The summed E-state index contributed by atoms with van der Waals surface area (Å²) in [5.74, 6) is 2.01. The van der Waals surface area contributed by atoms with E-state index in [2.05, 4.69) is 22.1 Å². The van der Waals surface area contributed by atoms with Gasteiger partial charge in [-0.1, -0.05) is 31.9 Å². The molecule has 0 bridgehead atoms. The van der Waals surface area contributed by atoms with Crippen LogP contribution in [0.15, 0.2) is 28.7 Å². The fraction of sp³-hybridized carbons (Fsp3) is 0.619. The Hall–Kier alpha value is -1.88. The van der Waals surface area contributed by atoms with Crippen LogP contribution < -0.4 is 5.32 Å². The number of amides is 1. The quantitative estimate of drug-likeness (QED) is 0.908. The summed E-state index contributed by atoms with van der Waals surface area (Å²) in [5, 5.41) is 3.27. The highest BCUT2D eigenvalue weighted by molar-refractivity contribution is 5.78. The van der Waals surface area contributed by atoms with Crippen LogP contribution in [0, 0.1) is 5.92 Å². The van der Waals surface area contributed by atoms with Gasteiger partial charge in [0, 0.05) is 12.0 Å². The number of aromatic nitrogens is 1. The second-order valence-electron chi connectivity index (χ2n) is 8.01. The molecule has 0 spiro atoms. The normalized spacial score (nSPS) is 25.4. The minimum absolute atomic E-state index is 0.184. The molecular weight excluding hydrogens is 326 g/mol. The molecule has 1 aromatic heterocycles. The molecular formula is C21H29N3O2. The van der Waals surface area contributed by atoms with Crippen LogP contribution in [0.2, 0.25) is 0 Å². The van der Waals surface area contributed by atoms with Crippen molar-refractivity contribution < 1.29 is 9.21 Å². The SMILES string of the molecule is CC1CCCCC1NC(=O)CN1CCC(c2nc3ccccc3o2)CC1. The Labute approximate surface area is 155 Å². The molecule has 2 heterocycles. The van der Waals surface area contributed by atoms with Crippen molar-refractivity contribution in [3.63, 3.8) is 0 Å². The monoisotopic (exact) mass is 355 g/mol. The van der Waals surface area contributed by atoms with Gasteiger partial charge in [-0.15, -0.1) is 0 Å². The second-order valence-corrected chi connectivity index (χ2v) is 8.01. The minimum Gasteiger partial charge on any atom is -0.440 e. The van der Waals surface area contributed by atoms with Gasteiger partial charge in [0.2, 0.25) is 5.91 Å². The Morgan fingerprint density at radius 3 is 2.73 bits per heavy atom. The second kappa shape index (κ2) is 7.78. The maximum atomic E-state index is 12.4. The first kappa shape index (κ1) is 17.5. The van der Waals surface area contributed by atoms with E-state index in [9.17, 15) is 4.79 Å². The number of benzene rings is 1. The molecule has 5 heteroatoms. The molecule has 1 N–H and O–H groups in total. The fourth-order valence-corrected chi connectivity index (χ4v) is 4.39. The van der Waals surface area contributed by atoms with Gasteiger partial charge in [-0.05, 0) is 56.8 Å². The number of hydrogen-bond donors (Lipinski definition) is 1. The van der Waals surface area contributed by atoms with Crippen LogP contribution >= 0.6 is 0 Å². The van der Waals surface area contributed by atoms with Gasteiger partial charge in [-0.3, -0.25) is 9.69 Å². The summed E-state index contributed by atoms with van der Waals surface area (Å²) >= 11 is 0. The number of nitrogens with one attached hydrogen (secondary N) is 1. The van der Waals surface area contributed by atoms with E-state index in [-0.39, 0.29) is 5.91 Å². The zero-order valence-corrected chi connectivity index (χ0v) is 15.6. The lowest BCUT2D eigenvalue weighted by molar-refractivity contribution is -0.123. The molecule has 1 amide bonds. The third-order valence-electron chi connectivity index (χ3n) is 6.07. The fourth-order valence-electron chi connectivity index (χ4n) is 4.39. The molecule has 1 aliphatic heterocycles. The standard InChI is InChI=1S/C21H29N3O2/c1-15-6-2-3-7-17(15)22-20(25)14-24-12-10-16(11-13-24)21-23-18-8-4-5-9-19(18)26-21/h4-5,8-9,15-17H,2-3,6-7,10-14H2,1H3,(H,22,25). The van der Waals surface area contributed by atoms with Crippen LogP contribution in [0.4, 0.5) is 0 Å². The molecule has 0 radical (unpaired) electrons. The van der Waals surface area contributed by atoms with Crippen LogP contribution in [0.3, 0.4) is 0 Å². The van der Waals surface area contributed by atoms with E-state index in [0.717, 1.165) is 49.3 Å². The number of carbonyl (C=O) groups is 1. The number of oxazole rings is 1. The average molecular weight is 355 g/mol. The molecule has 2 fully saturated rings. The Kier molecular flexibility index (Phi) is 5.25. The lowest BCUT2D eigenvalue weighted by Gasteiger charge is -2.32. The lowest BCUT2D eigenvalue weighted by Crippen LogP contribution is -2.47. The van der Waals surface area contributed by atoms with Crippen LogP contribution in [0.25, 0.3) is 11.1 Å². The third kappa shape index (κ3) is 3.93. The van der Waals surface area contributed by atoms with E-state index in [1.807, 2.05) is 24.3 Å². The molecule has 1 aliphatic carbocycles. The smallest absolute Gasteiger partial charge is 0.234 e. The van der Waals surface area contributed by atoms with Crippen molar-refractivity contribution >= 4 is 17.0 Å². The van der Waals surface area contributed by atoms with Gasteiger partial charge in [0.05, 0.1) is 6.54 Å². The third-order valence-corrected chi connectivity index (χ3v) is 6.07. The Bertz CT molecular complexity index is 716. The molecule has 1 saturated carbocycles. The van der Waals surface area contributed by atoms with Gasteiger partial charge < -0.3 is 9.73 Å². The van der Waals surface area contributed by atoms with Gasteiger partial charge in [-0.2, -0.15) is 0 Å². The number of piperidine rings is 1. The maximum Gasteiger partial charge on any atom is 0.234 e. The minimum atomic E-state index is 0.184. The van der Waals surface area contributed by atoms with Crippen molar-refractivity contribution in [1.82, 2.24) is 15.2 Å². The molecule has 26 heavy (non-hydrogen) atoms. The Morgan fingerprint density at radius 2 is 1.96 bits per heavy atom. The summed E-state index contributed by atoms with van der Waals surface area (Å²) < 4.78 is 5.93. The van der Waals surface area contributed by atoms with E-state index in [0.29, 0.717) is 24.4 Å².